The molecule has 9 rings (SSSR count). The van der Waals surface area contributed by atoms with Crippen LogP contribution in [0.1, 0.15) is 60.3 Å². The highest BCUT2D eigenvalue weighted by atomic mass is 19.1. The molecule has 5 fully saturated rings. The van der Waals surface area contributed by atoms with Crippen molar-refractivity contribution in [3.05, 3.63) is 63.9 Å². The topological polar surface area (TPSA) is 77.0 Å². The number of aliphatic hydroxyl groups excluding tert-OH is 1. The van der Waals surface area contributed by atoms with Gasteiger partial charge in [-0.05, 0) is 73.9 Å². The van der Waals surface area contributed by atoms with Crippen LogP contribution in [0.15, 0.2) is 30.0 Å². The summed E-state index contributed by atoms with van der Waals surface area (Å²) in [5, 5.41) is 14.6. The van der Waals surface area contributed by atoms with E-state index in [1.807, 2.05) is 0 Å². The molecule has 0 amide bonds. The predicted molar refractivity (Wildman–Crippen MR) is 181 cm³/mol. The first-order valence-corrected chi connectivity index (χ1v) is 17.5. The molecular formula is C38H42F2N6O2. The Balaban J connectivity index is 1.07. The minimum absolute atomic E-state index is 0.0323. The molecule has 6 aliphatic rings. The van der Waals surface area contributed by atoms with Gasteiger partial charge in [0.15, 0.2) is 5.82 Å². The van der Waals surface area contributed by atoms with Crippen molar-refractivity contribution in [1.29, 1.82) is 0 Å². The molecule has 0 spiro atoms. The van der Waals surface area contributed by atoms with E-state index in [2.05, 4.69) is 38.0 Å². The summed E-state index contributed by atoms with van der Waals surface area (Å²) in [6.07, 6.45) is 11.8. The van der Waals surface area contributed by atoms with E-state index in [-0.39, 0.29) is 34.7 Å². The van der Waals surface area contributed by atoms with E-state index in [0.29, 0.717) is 59.7 Å². The van der Waals surface area contributed by atoms with E-state index in [1.165, 1.54) is 19.2 Å². The quantitative estimate of drug-likeness (QED) is 0.349. The molecule has 5 unspecified atom stereocenters. The van der Waals surface area contributed by atoms with E-state index in [4.69, 9.17) is 16.1 Å². The van der Waals surface area contributed by atoms with Crippen LogP contribution in [-0.2, 0) is 0 Å². The van der Waals surface area contributed by atoms with Crippen LogP contribution < -0.4 is 15.0 Å². The maximum absolute atomic E-state index is 17.0. The molecule has 250 valence electrons. The Hall–Kier alpha value is -3.78. The third-order valence-corrected chi connectivity index (χ3v) is 11.9. The second-order valence-electron chi connectivity index (χ2n) is 15.4. The van der Waals surface area contributed by atoms with Crippen LogP contribution in [0.4, 0.5) is 14.6 Å². The summed E-state index contributed by atoms with van der Waals surface area (Å²) in [6.45, 7) is 7.47. The molecule has 1 saturated carbocycles. The van der Waals surface area contributed by atoms with Crippen molar-refractivity contribution < 1.29 is 18.6 Å². The summed E-state index contributed by atoms with van der Waals surface area (Å²) in [4.78, 5) is 16.7. The van der Waals surface area contributed by atoms with Crippen LogP contribution in [-0.4, -0.2) is 96.4 Å². The predicted octanol–water partition coefficient (Wildman–Crippen LogP) is 4.92. The van der Waals surface area contributed by atoms with E-state index in [1.54, 1.807) is 24.3 Å². The van der Waals surface area contributed by atoms with E-state index >= 15 is 8.78 Å². The summed E-state index contributed by atoms with van der Waals surface area (Å²) in [6, 6.07) is 7.47. The van der Waals surface area contributed by atoms with Crippen LogP contribution in [0.3, 0.4) is 0 Å². The molecule has 2 N–H and O–H groups in total. The van der Waals surface area contributed by atoms with Crippen LogP contribution in [0, 0.1) is 41.2 Å². The van der Waals surface area contributed by atoms with Gasteiger partial charge in [0.25, 0.3) is 0 Å². The lowest BCUT2D eigenvalue weighted by Crippen LogP contribution is -2.51. The average Bonchev–Trinajstić information content (AvgIpc) is 3.42. The highest BCUT2D eigenvalue weighted by molar-refractivity contribution is 5.91. The number of hydrogen-bond donors (Lipinski definition) is 2. The van der Waals surface area contributed by atoms with E-state index in [0.717, 1.165) is 57.2 Å². The molecule has 2 aliphatic carbocycles. The molecule has 4 saturated heterocycles. The molecule has 2 aromatic carbocycles. The second kappa shape index (κ2) is 11.4. The van der Waals surface area contributed by atoms with Crippen molar-refractivity contribution in [2.24, 2.45) is 17.3 Å². The SMILES string of the molecule is C#Cc1cccc2c1C(c1c(F)cc3c(N4CC5CCC(C4)N5)nc(OCC4(CN5CC6CN(C)CC6C5)CC4)nc3c1F)CC(O)=C2. The van der Waals surface area contributed by atoms with Gasteiger partial charge in [-0.2, -0.15) is 9.97 Å². The van der Waals surface area contributed by atoms with Crippen molar-refractivity contribution in [2.75, 3.05) is 64.4 Å². The van der Waals surface area contributed by atoms with Gasteiger partial charge < -0.3 is 29.9 Å². The summed E-state index contributed by atoms with van der Waals surface area (Å²) < 4.78 is 39.7. The minimum atomic E-state index is -0.811. The fourth-order valence-electron chi connectivity index (χ4n) is 9.46. The number of nitrogens with one attached hydrogen (secondary N) is 1. The van der Waals surface area contributed by atoms with Gasteiger partial charge in [-0.3, -0.25) is 0 Å². The van der Waals surface area contributed by atoms with Gasteiger partial charge in [-0.15, -0.1) is 6.42 Å². The Morgan fingerprint density at radius 2 is 1.79 bits per heavy atom. The Kier molecular flexibility index (Phi) is 7.19. The van der Waals surface area contributed by atoms with Crippen LogP contribution in [0.5, 0.6) is 6.01 Å². The number of piperazine rings is 1. The van der Waals surface area contributed by atoms with Gasteiger partial charge in [0.2, 0.25) is 0 Å². The van der Waals surface area contributed by atoms with Crippen molar-refractivity contribution in [1.82, 2.24) is 25.1 Å². The zero-order chi connectivity index (χ0) is 32.7. The number of benzene rings is 2. The van der Waals surface area contributed by atoms with Crippen molar-refractivity contribution in [3.63, 3.8) is 0 Å². The molecule has 0 radical (unpaired) electrons. The molecule has 48 heavy (non-hydrogen) atoms. The minimum Gasteiger partial charge on any atom is -0.512 e. The van der Waals surface area contributed by atoms with Gasteiger partial charge in [0, 0.05) is 92.2 Å². The van der Waals surface area contributed by atoms with Crippen molar-refractivity contribution in [2.45, 2.75) is 50.1 Å². The number of allylic oxidation sites excluding steroid dienone is 1. The third-order valence-electron chi connectivity index (χ3n) is 11.9. The maximum atomic E-state index is 17.0. The molecular weight excluding hydrogens is 610 g/mol. The normalized spacial score (nSPS) is 29.1. The number of nitrogens with zero attached hydrogens (tertiary/aromatic N) is 5. The van der Waals surface area contributed by atoms with Crippen LogP contribution in [0.25, 0.3) is 17.0 Å². The summed E-state index contributed by atoms with van der Waals surface area (Å²) in [7, 11) is 2.21. The van der Waals surface area contributed by atoms with Gasteiger partial charge in [0.1, 0.15) is 17.2 Å². The second-order valence-corrected chi connectivity index (χ2v) is 15.4. The molecule has 2 bridgehead atoms. The van der Waals surface area contributed by atoms with Crippen molar-refractivity contribution in [3.8, 4) is 18.4 Å². The Labute approximate surface area is 280 Å². The first-order valence-electron chi connectivity index (χ1n) is 17.5. The number of fused-ring (bicyclic) bond motifs is 5. The molecule has 10 heteroatoms. The molecule has 5 heterocycles. The zero-order valence-electron chi connectivity index (χ0n) is 27.4. The summed E-state index contributed by atoms with van der Waals surface area (Å²) in [5.74, 6) is 2.45. The first kappa shape index (κ1) is 30.3. The Morgan fingerprint density at radius 1 is 1.04 bits per heavy atom. The summed E-state index contributed by atoms with van der Waals surface area (Å²) >= 11 is 0. The zero-order valence-corrected chi connectivity index (χ0v) is 27.4. The standard InChI is InChI=1S/C38H42F2N6O2/c1-3-22-5-4-6-23-11-28(47)12-29(32(22)23)33-31(39)13-30-35(34(33)40)42-37(43-36(30)46-18-26-7-8-27(19-46)41-26)48-21-38(9-10-38)20-45-16-24-14-44(2)15-25(24)17-45/h1,4-6,11,13,24-27,29,41,47H,7-10,12,14-21H2,2H3. The number of hydrogen-bond acceptors (Lipinski definition) is 8. The average molecular weight is 653 g/mol. The number of aliphatic hydroxyl groups is 1. The third kappa shape index (κ3) is 5.22. The van der Waals surface area contributed by atoms with E-state index in [9.17, 15) is 5.11 Å². The number of terminal acetylenes is 1. The van der Waals surface area contributed by atoms with Gasteiger partial charge in [-0.1, -0.05) is 18.1 Å². The first-order chi connectivity index (χ1) is 23.3. The van der Waals surface area contributed by atoms with Gasteiger partial charge in [-0.25, -0.2) is 8.78 Å². The molecule has 8 nitrogen and oxygen atoms in total. The Bertz CT molecular complexity index is 1840. The van der Waals surface area contributed by atoms with Gasteiger partial charge >= 0.3 is 6.01 Å². The number of rotatable bonds is 7. The number of ether oxygens (including phenoxy) is 1. The fourth-order valence-corrected chi connectivity index (χ4v) is 9.46. The number of anilines is 1. The number of aromatic nitrogens is 2. The molecule has 1 aromatic heterocycles. The summed E-state index contributed by atoms with van der Waals surface area (Å²) in [5.41, 5.74) is 1.77. The largest absolute Gasteiger partial charge is 0.512 e. The Morgan fingerprint density at radius 3 is 2.50 bits per heavy atom. The smallest absolute Gasteiger partial charge is 0.319 e. The van der Waals surface area contributed by atoms with Crippen LogP contribution in [0.2, 0.25) is 0 Å². The van der Waals surface area contributed by atoms with Gasteiger partial charge in [0.05, 0.1) is 12.4 Å². The highest BCUT2D eigenvalue weighted by Gasteiger charge is 2.48. The lowest BCUT2D eigenvalue weighted by atomic mass is 9.78. The van der Waals surface area contributed by atoms with E-state index < -0.39 is 17.6 Å². The number of halogens is 2. The lowest BCUT2D eigenvalue weighted by Gasteiger charge is -2.34. The highest BCUT2D eigenvalue weighted by Crippen LogP contribution is 2.48. The lowest BCUT2D eigenvalue weighted by molar-refractivity contribution is 0.161. The maximum Gasteiger partial charge on any atom is 0.319 e. The molecule has 5 atom stereocenters. The fraction of sp³-hybridized carbons (Fsp3) is 0.526. The number of likely N-dealkylation sites (tertiary alicyclic amines) is 2. The van der Waals surface area contributed by atoms with Crippen LogP contribution >= 0.6 is 0 Å². The molecule has 4 aliphatic heterocycles. The monoisotopic (exact) mass is 652 g/mol. The van der Waals surface area contributed by atoms with Crippen molar-refractivity contribution >= 4 is 22.8 Å². The molecule has 3 aromatic rings.